The summed E-state index contributed by atoms with van der Waals surface area (Å²) >= 11 is 5.07. The largest absolute Gasteiger partial charge is 0.493 e. The van der Waals surface area contributed by atoms with Crippen molar-refractivity contribution in [3.63, 3.8) is 0 Å². The highest BCUT2D eigenvalue weighted by Gasteiger charge is 2.14. The van der Waals surface area contributed by atoms with Gasteiger partial charge in [-0.15, -0.1) is 0 Å². The molecular weight excluding hydrogens is 402 g/mol. The van der Waals surface area contributed by atoms with Crippen LogP contribution in [-0.4, -0.2) is 30.1 Å². The first-order valence-electron chi connectivity index (χ1n) is 9.66. The van der Waals surface area contributed by atoms with E-state index in [0.717, 1.165) is 12.0 Å². The molecule has 0 aliphatic heterocycles. The van der Waals surface area contributed by atoms with E-state index in [0.29, 0.717) is 29.6 Å². The summed E-state index contributed by atoms with van der Waals surface area (Å²) < 4.78 is 11.1. The molecule has 2 aromatic rings. The lowest BCUT2D eigenvalue weighted by Crippen LogP contribution is -2.49. The molecule has 30 heavy (non-hydrogen) atoms. The summed E-state index contributed by atoms with van der Waals surface area (Å²) in [7, 11) is 0. The Morgan fingerprint density at radius 2 is 1.80 bits per heavy atom. The van der Waals surface area contributed by atoms with E-state index in [9.17, 15) is 9.59 Å². The van der Waals surface area contributed by atoms with E-state index in [4.69, 9.17) is 21.7 Å². The summed E-state index contributed by atoms with van der Waals surface area (Å²) in [5.41, 5.74) is 6.26. The highest BCUT2D eigenvalue weighted by atomic mass is 32.1. The van der Waals surface area contributed by atoms with E-state index in [1.165, 1.54) is 0 Å². The van der Waals surface area contributed by atoms with Crippen molar-refractivity contribution in [1.82, 2.24) is 16.2 Å². The third-order valence-electron chi connectivity index (χ3n) is 3.99. The van der Waals surface area contributed by atoms with Crippen LogP contribution in [0.5, 0.6) is 11.5 Å². The normalized spacial score (nSPS) is 10.3. The van der Waals surface area contributed by atoms with Crippen LogP contribution in [0.2, 0.25) is 0 Å². The van der Waals surface area contributed by atoms with Crippen molar-refractivity contribution in [3.8, 4) is 11.5 Å². The number of hydrogen-bond acceptors (Lipinski definition) is 5. The molecule has 2 rings (SSSR count). The molecule has 0 fully saturated rings. The molecule has 0 unspecified atom stereocenters. The van der Waals surface area contributed by atoms with Crippen molar-refractivity contribution >= 4 is 29.1 Å². The topological polar surface area (TPSA) is 88.7 Å². The molecule has 0 aromatic heterocycles. The number of carbonyl (C=O) groups is 2. The molecule has 0 radical (unpaired) electrons. The lowest BCUT2D eigenvalue weighted by atomic mass is 10.1. The van der Waals surface area contributed by atoms with Crippen molar-refractivity contribution in [2.45, 2.75) is 27.2 Å². The number of thiocarbonyl (C=S) groups is 1. The van der Waals surface area contributed by atoms with Gasteiger partial charge in [0.15, 0.2) is 11.7 Å². The standard InChI is InChI=1S/C22H27N3O4S/c1-15(2)11-12-28-19-10-5-4-9-18(19)21(27)23-22(30)25-24-20(26)14-29-17-8-6-7-16(3)13-17/h4-10,13,15H,11-12,14H2,1-3H3,(H,24,26)(H2,23,25,27,30). The molecule has 0 spiro atoms. The first-order chi connectivity index (χ1) is 14.3. The van der Waals surface area contributed by atoms with Gasteiger partial charge in [0.05, 0.1) is 12.2 Å². The molecule has 0 heterocycles. The predicted octanol–water partition coefficient (Wildman–Crippen LogP) is 3.13. The SMILES string of the molecule is Cc1cccc(OCC(=O)NNC(=S)NC(=O)c2ccccc2OCCC(C)C)c1. The fourth-order valence-corrected chi connectivity index (χ4v) is 2.55. The summed E-state index contributed by atoms with van der Waals surface area (Å²) in [6, 6.07) is 14.3. The van der Waals surface area contributed by atoms with Crippen LogP contribution < -0.4 is 25.6 Å². The molecule has 160 valence electrons. The Morgan fingerprint density at radius 1 is 1.03 bits per heavy atom. The summed E-state index contributed by atoms with van der Waals surface area (Å²) in [6.45, 7) is 6.46. The van der Waals surface area contributed by atoms with Gasteiger partial charge in [-0.3, -0.25) is 25.8 Å². The van der Waals surface area contributed by atoms with E-state index in [-0.39, 0.29) is 11.7 Å². The molecule has 2 amide bonds. The van der Waals surface area contributed by atoms with Crippen molar-refractivity contribution in [1.29, 1.82) is 0 Å². The highest BCUT2D eigenvalue weighted by Crippen LogP contribution is 2.18. The van der Waals surface area contributed by atoms with Crippen molar-refractivity contribution in [2.75, 3.05) is 13.2 Å². The molecule has 0 saturated carbocycles. The maximum absolute atomic E-state index is 12.5. The molecule has 2 aromatic carbocycles. The number of rotatable bonds is 8. The summed E-state index contributed by atoms with van der Waals surface area (Å²) in [6.07, 6.45) is 0.882. The zero-order valence-corrected chi connectivity index (χ0v) is 18.2. The third-order valence-corrected chi connectivity index (χ3v) is 4.19. The van der Waals surface area contributed by atoms with Gasteiger partial charge in [0.2, 0.25) is 0 Å². The van der Waals surface area contributed by atoms with Gasteiger partial charge in [-0.2, -0.15) is 0 Å². The second-order valence-corrected chi connectivity index (χ2v) is 7.50. The Hall–Kier alpha value is -3.13. The molecule has 7 nitrogen and oxygen atoms in total. The Labute approximate surface area is 182 Å². The molecular formula is C22H27N3O4S. The van der Waals surface area contributed by atoms with Crippen LogP contribution in [0, 0.1) is 12.8 Å². The van der Waals surface area contributed by atoms with E-state index in [1.54, 1.807) is 30.3 Å². The van der Waals surface area contributed by atoms with Gasteiger partial charge in [-0.05, 0) is 61.3 Å². The molecule has 0 atom stereocenters. The maximum atomic E-state index is 12.5. The van der Waals surface area contributed by atoms with Gasteiger partial charge < -0.3 is 9.47 Å². The molecule has 8 heteroatoms. The smallest absolute Gasteiger partial charge is 0.276 e. The van der Waals surface area contributed by atoms with E-state index < -0.39 is 11.8 Å². The van der Waals surface area contributed by atoms with Crippen LogP contribution >= 0.6 is 12.2 Å². The molecule has 0 aliphatic carbocycles. The van der Waals surface area contributed by atoms with Crippen LogP contribution in [0.1, 0.15) is 36.2 Å². The predicted molar refractivity (Wildman–Crippen MR) is 119 cm³/mol. The number of benzene rings is 2. The molecule has 0 aliphatic rings. The number of para-hydroxylation sites is 1. The number of carbonyl (C=O) groups excluding carboxylic acids is 2. The zero-order chi connectivity index (χ0) is 21.9. The first-order valence-corrected chi connectivity index (χ1v) is 10.1. The van der Waals surface area contributed by atoms with Gasteiger partial charge >= 0.3 is 0 Å². The Bertz CT molecular complexity index is 886. The van der Waals surface area contributed by atoms with Crippen LogP contribution in [0.4, 0.5) is 0 Å². The Morgan fingerprint density at radius 3 is 2.53 bits per heavy atom. The van der Waals surface area contributed by atoms with Crippen molar-refractivity contribution < 1.29 is 19.1 Å². The lowest BCUT2D eigenvalue weighted by Gasteiger charge is -2.14. The Kier molecular flexibility index (Phi) is 9.08. The average molecular weight is 430 g/mol. The monoisotopic (exact) mass is 429 g/mol. The van der Waals surface area contributed by atoms with E-state index in [1.807, 2.05) is 25.1 Å². The van der Waals surface area contributed by atoms with Gasteiger partial charge in [0, 0.05) is 0 Å². The van der Waals surface area contributed by atoms with Crippen LogP contribution in [0.3, 0.4) is 0 Å². The average Bonchev–Trinajstić information content (AvgIpc) is 2.71. The third kappa shape index (κ3) is 8.08. The summed E-state index contributed by atoms with van der Waals surface area (Å²) in [5.74, 6) is 0.703. The fraction of sp³-hybridized carbons (Fsp3) is 0.318. The zero-order valence-electron chi connectivity index (χ0n) is 17.4. The summed E-state index contributed by atoms with van der Waals surface area (Å²) in [4.78, 5) is 24.4. The van der Waals surface area contributed by atoms with Crippen molar-refractivity contribution in [3.05, 3.63) is 59.7 Å². The fourth-order valence-electron chi connectivity index (χ4n) is 2.40. The minimum absolute atomic E-state index is 0.0408. The second kappa shape index (κ2) is 11.8. The van der Waals surface area contributed by atoms with Gasteiger partial charge in [0.1, 0.15) is 11.5 Å². The number of nitrogens with one attached hydrogen (secondary N) is 3. The number of hydrazine groups is 1. The maximum Gasteiger partial charge on any atom is 0.276 e. The second-order valence-electron chi connectivity index (χ2n) is 7.09. The first kappa shape index (κ1) is 23.2. The van der Waals surface area contributed by atoms with Crippen LogP contribution in [0.25, 0.3) is 0 Å². The number of aryl methyl sites for hydroxylation is 1. The van der Waals surface area contributed by atoms with E-state index >= 15 is 0 Å². The van der Waals surface area contributed by atoms with Gasteiger partial charge in [0.25, 0.3) is 11.8 Å². The minimum Gasteiger partial charge on any atom is -0.493 e. The van der Waals surface area contributed by atoms with Crippen molar-refractivity contribution in [2.24, 2.45) is 5.92 Å². The molecule has 3 N–H and O–H groups in total. The quantitative estimate of drug-likeness (QED) is 0.441. The number of hydrogen-bond donors (Lipinski definition) is 3. The van der Waals surface area contributed by atoms with Gasteiger partial charge in [-0.1, -0.05) is 38.1 Å². The molecule has 0 bridgehead atoms. The van der Waals surface area contributed by atoms with Gasteiger partial charge in [-0.25, -0.2) is 0 Å². The lowest BCUT2D eigenvalue weighted by molar-refractivity contribution is -0.123. The van der Waals surface area contributed by atoms with E-state index in [2.05, 4.69) is 30.0 Å². The van der Waals surface area contributed by atoms with Crippen LogP contribution in [-0.2, 0) is 4.79 Å². The Balaban J connectivity index is 1.79. The molecule has 0 saturated heterocycles. The highest BCUT2D eigenvalue weighted by molar-refractivity contribution is 7.80. The summed E-state index contributed by atoms with van der Waals surface area (Å²) in [5, 5.41) is 2.48. The minimum atomic E-state index is -0.439. The van der Waals surface area contributed by atoms with Crippen LogP contribution in [0.15, 0.2) is 48.5 Å². The number of ether oxygens (including phenoxy) is 2. The number of amides is 2.